The van der Waals surface area contributed by atoms with Crippen LogP contribution >= 0.6 is 0 Å². The van der Waals surface area contributed by atoms with Crippen molar-refractivity contribution in [1.82, 2.24) is 0 Å². The van der Waals surface area contributed by atoms with E-state index in [1.54, 1.807) is 6.08 Å². The minimum absolute atomic E-state index is 0.0423. The zero-order valence-electron chi connectivity index (χ0n) is 17.7. The molecule has 1 aliphatic rings. The highest BCUT2D eigenvalue weighted by molar-refractivity contribution is 5.43. The summed E-state index contributed by atoms with van der Waals surface area (Å²) in [4.78, 5) is 0. The zero-order valence-corrected chi connectivity index (χ0v) is 17.7. The summed E-state index contributed by atoms with van der Waals surface area (Å²) < 4.78 is 21.8. The Morgan fingerprint density at radius 3 is 1.93 bits per heavy atom. The van der Waals surface area contributed by atoms with Crippen molar-refractivity contribution in [2.45, 2.75) is 37.5 Å². The summed E-state index contributed by atoms with van der Waals surface area (Å²) in [6.45, 7) is 8.90. The van der Waals surface area contributed by atoms with Crippen LogP contribution in [0, 0.1) is 0 Å². The maximum absolute atomic E-state index is 5.75. The van der Waals surface area contributed by atoms with Crippen LogP contribution in [0.4, 0.5) is 0 Å². The van der Waals surface area contributed by atoms with Gasteiger partial charge >= 0.3 is 0 Å². The molecule has 0 N–H and O–H groups in total. The lowest BCUT2D eigenvalue weighted by molar-refractivity contribution is 0.0307. The summed E-state index contributed by atoms with van der Waals surface area (Å²) in [5.74, 6) is 1.68. The van der Waals surface area contributed by atoms with E-state index in [0.29, 0.717) is 19.8 Å². The number of rotatable bonds is 12. The van der Waals surface area contributed by atoms with Crippen molar-refractivity contribution < 1.29 is 18.9 Å². The SMILES string of the molecule is C=CCOCOc1ccc(C2(c3ccc(OCCOC=C)cc3)CCCCC2)cc1. The Balaban J connectivity index is 1.72. The van der Waals surface area contributed by atoms with Crippen LogP contribution in [0.5, 0.6) is 11.5 Å². The molecule has 3 rings (SSSR count). The minimum Gasteiger partial charge on any atom is -0.498 e. The Kier molecular flexibility index (Phi) is 8.40. The molecular formula is C26H32O4. The summed E-state index contributed by atoms with van der Waals surface area (Å²) in [5, 5.41) is 0. The number of hydrogen-bond donors (Lipinski definition) is 0. The summed E-state index contributed by atoms with van der Waals surface area (Å²) in [5.41, 5.74) is 2.73. The van der Waals surface area contributed by atoms with Crippen LogP contribution in [0.15, 0.2) is 74.0 Å². The fourth-order valence-electron chi connectivity index (χ4n) is 4.17. The van der Waals surface area contributed by atoms with Crippen LogP contribution in [0.25, 0.3) is 0 Å². The molecule has 4 heteroatoms. The van der Waals surface area contributed by atoms with E-state index in [2.05, 4.69) is 49.6 Å². The van der Waals surface area contributed by atoms with Crippen LogP contribution in [0.3, 0.4) is 0 Å². The maximum atomic E-state index is 5.75. The van der Waals surface area contributed by atoms with E-state index in [4.69, 9.17) is 18.9 Å². The lowest BCUT2D eigenvalue weighted by Crippen LogP contribution is -2.30. The summed E-state index contributed by atoms with van der Waals surface area (Å²) in [7, 11) is 0. The molecule has 0 radical (unpaired) electrons. The summed E-state index contributed by atoms with van der Waals surface area (Å²) in [6, 6.07) is 17.0. The molecule has 2 aromatic carbocycles. The average Bonchev–Trinajstić information content (AvgIpc) is 2.81. The number of hydrogen-bond acceptors (Lipinski definition) is 4. The van der Waals surface area contributed by atoms with Gasteiger partial charge in [0.1, 0.15) is 24.7 Å². The molecule has 0 aliphatic heterocycles. The van der Waals surface area contributed by atoms with Crippen molar-refractivity contribution >= 4 is 0 Å². The smallest absolute Gasteiger partial charge is 0.189 e. The molecular weight excluding hydrogens is 376 g/mol. The molecule has 0 amide bonds. The summed E-state index contributed by atoms with van der Waals surface area (Å²) in [6.07, 6.45) is 9.24. The van der Waals surface area contributed by atoms with E-state index in [1.807, 2.05) is 12.1 Å². The van der Waals surface area contributed by atoms with Crippen molar-refractivity contribution in [2.24, 2.45) is 0 Å². The van der Waals surface area contributed by atoms with Crippen molar-refractivity contribution in [3.05, 3.63) is 85.2 Å². The molecule has 0 aromatic heterocycles. The van der Waals surface area contributed by atoms with Crippen LogP contribution in [0.1, 0.15) is 43.2 Å². The number of ether oxygens (including phenoxy) is 4. The van der Waals surface area contributed by atoms with Gasteiger partial charge in [-0.25, -0.2) is 0 Å². The molecule has 4 nitrogen and oxygen atoms in total. The van der Waals surface area contributed by atoms with Gasteiger partial charge < -0.3 is 18.9 Å². The molecule has 30 heavy (non-hydrogen) atoms. The molecule has 0 unspecified atom stereocenters. The third kappa shape index (κ3) is 5.67. The third-order valence-corrected chi connectivity index (χ3v) is 5.65. The quantitative estimate of drug-likeness (QED) is 0.186. The van der Waals surface area contributed by atoms with Crippen LogP contribution in [-0.2, 0) is 14.9 Å². The molecule has 0 atom stereocenters. The Morgan fingerprint density at radius 1 is 0.767 bits per heavy atom. The molecule has 1 fully saturated rings. The van der Waals surface area contributed by atoms with Crippen LogP contribution in [0.2, 0.25) is 0 Å². The van der Waals surface area contributed by atoms with Gasteiger partial charge in [0, 0.05) is 5.41 Å². The predicted octanol–water partition coefficient (Wildman–Crippen LogP) is 6.01. The van der Waals surface area contributed by atoms with Gasteiger partial charge in [-0.2, -0.15) is 0 Å². The maximum Gasteiger partial charge on any atom is 0.189 e. The van der Waals surface area contributed by atoms with Crippen molar-refractivity contribution in [2.75, 3.05) is 26.6 Å². The van der Waals surface area contributed by atoms with E-state index in [9.17, 15) is 0 Å². The normalized spacial score (nSPS) is 15.2. The molecule has 160 valence electrons. The van der Waals surface area contributed by atoms with Gasteiger partial charge in [-0.3, -0.25) is 0 Å². The number of benzene rings is 2. The molecule has 2 aromatic rings. The molecule has 1 aliphatic carbocycles. The molecule has 1 saturated carbocycles. The summed E-state index contributed by atoms with van der Waals surface area (Å²) >= 11 is 0. The molecule has 0 bridgehead atoms. The van der Waals surface area contributed by atoms with E-state index in [1.165, 1.54) is 36.7 Å². The van der Waals surface area contributed by atoms with Gasteiger partial charge in [-0.15, -0.1) is 6.58 Å². The Morgan fingerprint density at radius 2 is 1.37 bits per heavy atom. The van der Waals surface area contributed by atoms with Gasteiger partial charge in [0.2, 0.25) is 0 Å². The monoisotopic (exact) mass is 408 g/mol. The van der Waals surface area contributed by atoms with Crippen LogP contribution < -0.4 is 9.47 Å². The topological polar surface area (TPSA) is 36.9 Å². The Hall–Kier alpha value is -2.72. The Labute approximate surface area is 180 Å². The highest BCUT2D eigenvalue weighted by atomic mass is 16.7. The largest absolute Gasteiger partial charge is 0.498 e. The molecule has 0 spiro atoms. The first-order valence-electron chi connectivity index (χ1n) is 10.7. The van der Waals surface area contributed by atoms with Crippen molar-refractivity contribution in [3.8, 4) is 11.5 Å². The predicted molar refractivity (Wildman–Crippen MR) is 120 cm³/mol. The van der Waals surface area contributed by atoms with Crippen molar-refractivity contribution in [1.29, 1.82) is 0 Å². The fourth-order valence-corrected chi connectivity index (χ4v) is 4.17. The first kappa shape index (κ1) is 22.0. The average molecular weight is 409 g/mol. The van der Waals surface area contributed by atoms with E-state index < -0.39 is 0 Å². The first-order valence-corrected chi connectivity index (χ1v) is 10.7. The third-order valence-electron chi connectivity index (χ3n) is 5.65. The van der Waals surface area contributed by atoms with Crippen LogP contribution in [-0.4, -0.2) is 26.6 Å². The lowest BCUT2D eigenvalue weighted by atomic mass is 9.65. The van der Waals surface area contributed by atoms with E-state index >= 15 is 0 Å². The zero-order chi connectivity index (χ0) is 21.1. The van der Waals surface area contributed by atoms with E-state index in [0.717, 1.165) is 24.3 Å². The lowest BCUT2D eigenvalue weighted by Gasteiger charge is -2.38. The van der Waals surface area contributed by atoms with E-state index in [-0.39, 0.29) is 12.2 Å². The van der Waals surface area contributed by atoms with Gasteiger partial charge in [-0.05, 0) is 48.2 Å². The highest BCUT2D eigenvalue weighted by Gasteiger charge is 2.35. The second-order valence-electron chi connectivity index (χ2n) is 7.50. The van der Waals surface area contributed by atoms with Gasteiger partial charge in [0.25, 0.3) is 0 Å². The minimum atomic E-state index is 0.0423. The Bertz CT molecular complexity index is 712. The van der Waals surface area contributed by atoms with Crippen molar-refractivity contribution in [3.63, 3.8) is 0 Å². The van der Waals surface area contributed by atoms with Gasteiger partial charge in [-0.1, -0.05) is 56.2 Å². The van der Waals surface area contributed by atoms with Gasteiger partial charge in [0.05, 0.1) is 12.9 Å². The fraction of sp³-hybridized carbons (Fsp3) is 0.385. The first-order chi connectivity index (χ1) is 14.8. The second kappa shape index (κ2) is 11.5. The second-order valence-corrected chi connectivity index (χ2v) is 7.50. The van der Waals surface area contributed by atoms with Gasteiger partial charge in [0.15, 0.2) is 6.79 Å². The highest BCUT2D eigenvalue weighted by Crippen LogP contribution is 2.45. The standard InChI is InChI=1S/C26H32O4/c1-3-18-28-21-30-25-14-10-23(11-15-25)26(16-6-5-7-17-26)22-8-12-24(13-9-22)29-20-19-27-4-2/h3-4,8-15H,1-2,5-7,16-21H2. The molecule has 0 saturated heterocycles. The molecule has 0 heterocycles.